The molecule has 13 nitrogen and oxygen atoms in total. The number of carbonyl (C=O) groups excluding carboxylic acids is 2. The van der Waals surface area contributed by atoms with Crippen LogP contribution in [0.2, 0.25) is 0 Å². The van der Waals surface area contributed by atoms with E-state index in [2.05, 4.69) is 25.4 Å². The van der Waals surface area contributed by atoms with Crippen molar-refractivity contribution in [2.75, 3.05) is 18.6 Å². The number of nitrogens with two attached hydrogens (primary N) is 1. The van der Waals surface area contributed by atoms with Gasteiger partial charge in [0.1, 0.15) is 35.7 Å². The number of carbonyl (C=O) groups is 3. The first kappa shape index (κ1) is 24.5. The molecule has 2 atom stereocenters. The Bertz CT molecular complexity index is 1430. The number of nitrogens with one attached hydrogen (secondary N) is 2. The van der Waals surface area contributed by atoms with Gasteiger partial charge < -0.3 is 26.0 Å². The lowest BCUT2D eigenvalue weighted by molar-refractivity contribution is -0.688. The fourth-order valence-electron chi connectivity index (χ4n) is 4.11. The molecule has 0 aliphatic carbocycles. The number of fused-ring (bicyclic) bond motifs is 1. The summed E-state index contributed by atoms with van der Waals surface area (Å²) in [5.74, 6) is -1.36. The standard InChI is InChI=1S/C22H20N8O5S2/c1-35-28-14(13-10-37-22(23)26-13)18(31)27-15-19(32)30-16(21(33)34)12(9-36-20(15)30)8-29-6-2-3-11(7-29)17-24-4-5-25-17/h2-7,10,15,20H,8-9H2,1H3,(H4-,23,24,25,26,27,31,33,34)/p+1/b28-14-/t15-,20-/m1/s1. The van der Waals surface area contributed by atoms with Crippen molar-refractivity contribution in [1.82, 2.24) is 25.2 Å². The van der Waals surface area contributed by atoms with Crippen LogP contribution in [-0.2, 0) is 25.8 Å². The Morgan fingerprint density at radius 3 is 2.97 bits per heavy atom. The number of aliphatic carboxylic acids is 1. The number of thiazole rings is 1. The third-order valence-corrected chi connectivity index (χ3v) is 7.72. The maximum absolute atomic E-state index is 13.1. The van der Waals surface area contributed by atoms with Gasteiger partial charge >= 0.3 is 5.97 Å². The molecule has 0 bridgehead atoms. The zero-order valence-corrected chi connectivity index (χ0v) is 21.0. The Balaban J connectivity index is 1.35. The highest BCUT2D eigenvalue weighted by atomic mass is 32.2. The van der Waals surface area contributed by atoms with Crippen LogP contribution in [0.5, 0.6) is 0 Å². The van der Waals surface area contributed by atoms with Gasteiger partial charge in [0.2, 0.25) is 0 Å². The highest BCUT2D eigenvalue weighted by Crippen LogP contribution is 2.40. The normalized spacial score (nSPS) is 19.3. The van der Waals surface area contributed by atoms with Crippen LogP contribution in [0, 0.1) is 0 Å². The summed E-state index contributed by atoms with van der Waals surface area (Å²) in [7, 11) is 1.28. The van der Waals surface area contributed by atoms with Crippen molar-refractivity contribution >= 4 is 51.7 Å². The Labute approximate surface area is 218 Å². The van der Waals surface area contributed by atoms with Gasteiger partial charge in [-0.1, -0.05) is 5.16 Å². The third-order valence-electron chi connectivity index (χ3n) is 5.70. The van der Waals surface area contributed by atoms with Crippen LogP contribution in [0.15, 0.2) is 58.7 Å². The molecule has 2 aliphatic heterocycles. The molecule has 3 aromatic rings. The fourth-order valence-corrected chi connectivity index (χ4v) is 5.99. The quantitative estimate of drug-likeness (QED) is 0.134. The Morgan fingerprint density at radius 1 is 1.46 bits per heavy atom. The number of hydrogen-bond donors (Lipinski definition) is 4. The largest absolute Gasteiger partial charge is 0.477 e. The molecule has 2 amide bonds. The second-order valence-corrected chi connectivity index (χ2v) is 10.0. The topological polar surface area (TPSA) is 180 Å². The van der Waals surface area contributed by atoms with Gasteiger partial charge in [0, 0.05) is 35.2 Å². The summed E-state index contributed by atoms with van der Waals surface area (Å²) in [6, 6.07) is 2.80. The molecule has 190 valence electrons. The summed E-state index contributed by atoms with van der Waals surface area (Å²) >= 11 is 2.51. The summed E-state index contributed by atoms with van der Waals surface area (Å²) in [6.07, 6.45) is 7.04. The van der Waals surface area contributed by atoms with Gasteiger partial charge in [-0.15, -0.1) is 23.1 Å². The summed E-state index contributed by atoms with van der Waals surface area (Å²) in [6.45, 7) is 0.270. The number of nitrogen functional groups attached to an aromatic ring is 1. The molecule has 3 aromatic heterocycles. The number of carboxylic acid groups (broad SMARTS) is 1. The van der Waals surface area contributed by atoms with Crippen LogP contribution < -0.4 is 15.6 Å². The van der Waals surface area contributed by atoms with Crippen molar-refractivity contribution in [3.63, 3.8) is 0 Å². The van der Waals surface area contributed by atoms with Gasteiger partial charge in [-0.05, 0) is 6.07 Å². The highest BCUT2D eigenvalue weighted by molar-refractivity contribution is 8.00. The van der Waals surface area contributed by atoms with E-state index < -0.39 is 29.2 Å². The van der Waals surface area contributed by atoms with Crippen LogP contribution >= 0.6 is 23.1 Å². The molecule has 15 heteroatoms. The van der Waals surface area contributed by atoms with Gasteiger partial charge in [-0.25, -0.2) is 19.3 Å². The van der Waals surface area contributed by atoms with Crippen molar-refractivity contribution in [2.45, 2.75) is 18.0 Å². The number of H-pyrrole nitrogens is 1. The van der Waals surface area contributed by atoms with E-state index in [1.165, 1.54) is 23.8 Å². The smallest absolute Gasteiger partial charge is 0.352 e. The molecular weight excluding hydrogens is 520 g/mol. The van der Waals surface area contributed by atoms with Crippen LogP contribution in [0.4, 0.5) is 5.13 Å². The second kappa shape index (κ2) is 10.0. The average Bonchev–Trinajstić information content (AvgIpc) is 3.57. The number of aromatic amines is 1. The lowest BCUT2D eigenvalue weighted by Crippen LogP contribution is -2.71. The van der Waals surface area contributed by atoms with E-state index in [0.717, 1.165) is 16.9 Å². The van der Waals surface area contributed by atoms with E-state index in [1.54, 1.807) is 17.8 Å². The summed E-state index contributed by atoms with van der Waals surface area (Å²) in [5, 5.41) is 17.6. The Morgan fingerprint density at radius 2 is 2.30 bits per heavy atom. The number of aromatic nitrogens is 4. The Hall–Kier alpha value is -4.24. The summed E-state index contributed by atoms with van der Waals surface area (Å²) < 4.78 is 1.84. The van der Waals surface area contributed by atoms with Crippen molar-refractivity contribution in [1.29, 1.82) is 0 Å². The van der Waals surface area contributed by atoms with E-state index in [1.807, 2.05) is 29.1 Å². The molecule has 37 heavy (non-hydrogen) atoms. The van der Waals surface area contributed by atoms with E-state index >= 15 is 0 Å². The fraction of sp³-hybridized carbons (Fsp3) is 0.227. The monoisotopic (exact) mass is 541 g/mol. The number of β-lactam (4-membered cyclic amide) rings is 1. The van der Waals surface area contributed by atoms with E-state index in [9.17, 15) is 19.5 Å². The second-order valence-electron chi connectivity index (χ2n) is 8.01. The van der Waals surface area contributed by atoms with Crippen LogP contribution in [-0.4, -0.2) is 72.7 Å². The zero-order chi connectivity index (χ0) is 26.1. The van der Waals surface area contributed by atoms with E-state index in [0.29, 0.717) is 17.2 Å². The van der Waals surface area contributed by atoms with Crippen LogP contribution in [0.25, 0.3) is 11.4 Å². The number of carboxylic acids is 1. The van der Waals surface area contributed by atoms with Gasteiger partial charge in [0.05, 0.1) is 5.56 Å². The molecule has 0 radical (unpaired) electrons. The van der Waals surface area contributed by atoms with Crippen LogP contribution in [0.1, 0.15) is 5.69 Å². The molecule has 2 aliphatic rings. The number of pyridine rings is 1. The van der Waals surface area contributed by atoms with Crippen molar-refractivity contribution < 1.29 is 28.9 Å². The van der Waals surface area contributed by atoms with E-state index in [4.69, 9.17) is 10.6 Å². The van der Waals surface area contributed by atoms with Gasteiger partial charge in [-0.3, -0.25) is 14.5 Å². The summed E-state index contributed by atoms with van der Waals surface area (Å²) in [4.78, 5) is 55.5. The molecule has 0 saturated carbocycles. The zero-order valence-electron chi connectivity index (χ0n) is 19.3. The first-order valence-electron chi connectivity index (χ1n) is 10.9. The number of imidazole rings is 1. The number of anilines is 1. The summed E-state index contributed by atoms with van der Waals surface area (Å²) in [5.41, 5.74) is 7.07. The molecule has 1 saturated heterocycles. The number of oxime groups is 1. The minimum atomic E-state index is -1.21. The molecule has 1 fully saturated rings. The lowest BCUT2D eigenvalue weighted by Gasteiger charge is -2.49. The van der Waals surface area contributed by atoms with Crippen LogP contribution in [0.3, 0.4) is 0 Å². The molecule has 5 heterocycles. The average molecular weight is 542 g/mol. The first-order valence-corrected chi connectivity index (χ1v) is 12.8. The molecule has 5 rings (SSSR count). The minimum Gasteiger partial charge on any atom is -0.477 e. The number of amides is 2. The third kappa shape index (κ3) is 4.65. The number of thioether (sulfide) groups is 1. The van der Waals surface area contributed by atoms with Crippen molar-refractivity contribution in [3.05, 3.63) is 59.3 Å². The first-order chi connectivity index (χ1) is 17.9. The minimum absolute atomic E-state index is 0.0757. The van der Waals surface area contributed by atoms with Gasteiger partial charge in [0.25, 0.3) is 11.8 Å². The number of rotatable bonds is 8. The predicted molar refractivity (Wildman–Crippen MR) is 134 cm³/mol. The maximum Gasteiger partial charge on any atom is 0.352 e. The number of nitrogens with zero attached hydrogens (tertiary/aromatic N) is 5. The van der Waals surface area contributed by atoms with Crippen molar-refractivity contribution in [3.8, 4) is 11.4 Å². The van der Waals surface area contributed by atoms with E-state index in [-0.39, 0.29) is 28.8 Å². The lowest BCUT2D eigenvalue weighted by atomic mass is 10.0. The maximum atomic E-state index is 13.1. The van der Waals surface area contributed by atoms with Crippen molar-refractivity contribution in [2.24, 2.45) is 5.16 Å². The SMILES string of the molecule is CO/N=C(\C(=O)N[C@@H]1C(=O)N2C(C(=O)O)=C(C[n+]3cccc(-c4ncc[nH]4)c3)CS[C@H]12)c1csc(N)n1. The van der Waals surface area contributed by atoms with Gasteiger partial charge in [0.15, 0.2) is 29.8 Å². The molecule has 5 N–H and O–H groups in total. The molecule has 0 aromatic carbocycles. The molecular formula is C22H21N8O5S2+. The number of hydrogen-bond acceptors (Lipinski definition) is 10. The highest BCUT2D eigenvalue weighted by Gasteiger charge is 2.54. The Kier molecular flexibility index (Phi) is 6.62. The molecule has 0 spiro atoms. The molecule has 0 unspecified atom stereocenters. The van der Waals surface area contributed by atoms with Gasteiger partial charge in [-0.2, -0.15) is 0 Å². The predicted octanol–water partition coefficient (Wildman–Crippen LogP) is 0.192.